The van der Waals surface area contributed by atoms with Crippen LogP contribution < -0.4 is 9.47 Å². The Kier molecular flexibility index (Phi) is 5.99. The van der Waals surface area contributed by atoms with Gasteiger partial charge in [-0.05, 0) is 18.2 Å². The molecule has 2 aromatic carbocycles. The lowest BCUT2D eigenvalue weighted by atomic mass is 10.1. The fourth-order valence-electron chi connectivity index (χ4n) is 3.03. The minimum Gasteiger partial charge on any atom is -0.489 e. The average molecular weight is 369 g/mol. The van der Waals surface area contributed by atoms with Gasteiger partial charge in [0, 0.05) is 10.8 Å². The lowest BCUT2D eigenvalue weighted by Gasteiger charge is -2.13. The number of para-hydroxylation sites is 2. The first-order valence-corrected chi connectivity index (χ1v) is 9.23. The van der Waals surface area contributed by atoms with Crippen LogP contribution in [0.25, 0.3) is 21.8 Å². The summed E-state index contributed by atoms with van der Waals surface area (Å²) in [5.74, 6) is 1.49. The van der Waals surface area contributed by atoms with E-state index in [1.165, 1.54) is 0 Å². The fraction of sp³-hybridized carbons (Fsp3) is 0.381. The Morgan fingerprint density at radius 1 is 0.556 bits per heavy atom. The van der Waals surface area contributed by atoms with Crippen LogP contribution >= 0.6 is 0 Å². The Labute approximate surface area is 157 Å². The molecule has 0 fully saturated rings. The fourth-order valence-corrected chi connectivity index (χ4v) is 3.03. The van der Waals surface area contributed by atoms with Crippen molar-refractivity contribution in [2.75, 3.05) is 52.9 Å². The van der Waals surface area contributed by atoms with Crippen molar-refractivity contribution in [1.29, 1.82) is 0 Å². The molecule has 0 saturated heterocycles. The molecule has 2 bridgehead atoms. The van der Waals surface area contributed by atoms with Gasteiger partial charge in [-0.25, -0.2) is 4.98 Å². The molecule has 142 valence electrons. The topological polar surface area (TPSA) is 59.0 Å². The van der Waals surface area contributed by atoms with Crippen LogP contribution in [-0.2, 0) is 14.2 Å². The van der Waals surface area contributed by atoms with Gasteiger partial charge < -0.3 is 23.7 Å². The lowest BCUT2D eigenvalue weighted by molar-refractivity contribution is 0.00507. The van der Waals surface area contributed by atoms with Crippen molar-refractivity contribution >= 4 is 21.8 Å². The van der Waals surface area contributed by atoms with Gasteiger partial charge in [-0.15, -0.1) is 0 Å². The van der Waals surface area contributed by atoms with Gasteiger partial charge in [0.1, 0.15) is 35.7 Å². The van der Waals surface area contributed by atoms with Gasteiger partial charge in [-0.2, -0.15) is 0 Å². The summed E-state index contributed by atoms with van der Waals surface area (Å²) in [7, 11) is 0. The third-order valence-corrected chi connectivity index (χ3v) is 4.31. The summed E-state index contributed by atoms with van der Waals surface area (Å²) in [5, 5.41) is 2.06. The minimum absolute atomic E-state index is 0.458. The first kappa shape index (κ1) is 18.0. The van der Waals surface area contributed by atoms with Gasteiger partial charge in [0.2, 0.25) is 0 Å². The second-order valence-electron chi connectivity index (χ2n) is 6.18. The number of ether oxygens (including phenoxy) is 5. The first-order valence-electron chi connectivity index (χ1n) is 9.23. The number of hydrogen-bond donors (Lipinski definition) is 0. The monoisotopic (exact) mass is 369 g/mol. The lowest BCUT2D eigenvalue weighted by Crippen LogP contribution is -2.14. The van der Waals surface area contributed by atoms with Crippen molar-refractivity contribution in [3.05, 3.63) is 42.5 Å². The van der Waals surface area contributed by atoms with E-state index >= 15 is 0 Å². The third-order valence-electron chi connectivity index (χ3n) is 4.31. The molecule has 1 aromatic heterocycles. The summed E-state index contributed by atoms with van der Waals surface area (Å²) in [4.78, 5) is 4.85. The molecular weight excluding hydrogens is 346 g/mol. The van der Waals surface area contributed by atoms with E-state index in [-0.39, 0.29) is 0 Å². The molecule has 0 aliphatic carbocycles. The summed E-state index contributed by atoms with van der Waals surface area (Å²) in [6.45, 7) is 4.07. The maximum atomic E-state index is 5.92. The van der Waals surface area contributed by atoms with Crippen LogP contribution in [0.4, 0.5) is 0 Å². The highest BCUT2D eigenvalue weighted by Gasteiger charge is 2.10. The molecule has 0 N–H and O–H groups in total. The van der Waals surface area contributed by atoms with E-state index in [1.807, 2.05) is 36.4 Å². The van der Waals surface area contributed by atoms with Gasteiger partial charge >= 0.3 is 0 Å². The van der Waals surface area contributed by atoms with Crippen LogP contribution in [0.2, 0.25) is 0 Å². The molecule has 0 atom stereocenters. The Morgan fingerprint density at radius 3 is 1.48 bits per heavy atom. The predicted octanol–water partition coefficient (Wildman–Crippen LogP) is 3.21. The number of aromatic nitrogens is 1. The molecule has 6 heteroatoms. The highest BCUT2D eigenvalue weighted by Crippen LogP contribution is 2.31. The van der Waals surface area contributed by atoms with Crippen LogP contribution in [0.1, 0.15) is 0 Å². The van der Waals surface area contributed by atoms with Crippen molar-refractivity contribution in [2.45, 2.75) is 0 Å². The Hall–Kier alpha value is -2.41. The maximum absolute atomic E-state index is 5.92. The highest BCUT2D eigenvalue weighted by atomic mass is 16.6. The molecule has 1 aliphatic rings. The zero-order chi connectivity index (χ0) is 18.3. The van der Waals surface area contributed by atoms with Crippen molar-refractivity contribution < 1.29 is 23.7 Å². The maximum Gasteiger partial charge on any atom is 0.145 e. The predicted molar refractivity (Wildman–Crippen MR) is 103 cm³/mol. The number of hydrogen-bond acceptors (Lipinski definition) is 6. The van der Waals surface area contributed by atoms with Gasteiger partial charge in [0.15, 0.2) is 0 Å². The summed E-state index contributed by atoms with van der Waals surface area (Å²) in [6.07, 6.45) is 0. The van der Waals surface area contributed by atoms with E-state index < -0.39 is 0 Å². The number of pyridine rings is 1. The average Bonchev–Trinajstić information content (AvgIpc) is 2.69. The quantitative estimate of drug-likeness (QED) is 0.567. The molecular formula is C21H23NO5. The molecule has 27 heavy (non-hydrogen) atoms. The van der Waals surface area contributed by atoms with Crippen molar-refractivity contribution in [2.24, 2.45) is 0 Å². The zero-order valence-corrected chi connectivity index (χ0v) is 15.2. The van der Waals surface area contributed by atoms with Crippen LogP contribution in [0, 0.1) is 0 Å². The van der Waals surface area contributed by atoms with Crippen LogP contribution in [-0.4, -0.2) is 57.8 Å². The second-order valence-corrected chi connectivity index (χ2v) is 6.18. The SMILES string of the molecule is c1cc2c3nc4c(cccc4cc3c1)OCCOCCOCCOCCO2. The van der Waals surface area contributed by atoms with E-state index in [9.17, 15) is 0 Å². The van der Waals surface area contributed by atoms with Crippen molar-refractivity contribution in [1.82, 2.24) is 4.98 Å². The summed E-state index contributed by atoms with van der Waals surface area (Å²) in [5.41, 5.74) is 1.64. The molecule has 4 rings (SSSR count). The van der Waals surface area contributed by atoms with Gasteiger partial charge in [-0.1, -0.05) is 24.3 Å². The molecule has 0 unspecified atom stereocenters. The van der Waals surface area contributed by atoms with Gasteiger partial charge in [0.05, 0.1) is 39.6 Å². The van der Waals surface area contributed by atoms with Gasteiger partial charge in [-0.3, -0.25) is 0 Å². The number of rotatable bonds is 0. The second kappa shape index (κ2) is 8.99. The van der Waals surface area contributed by atoms with E-state index in [4.69, 9.17) is 28.7 Å². The Morgan fingerprint density at radius 2 is 1.00 bits per heavy atom. The van der Waals surface area contributed by atoms with Crippen LogP contribution in [0.15, 0.2) is 42.5 Å². The minimum atomic E-state index is 0.458. The summed E-state index contributed by atoms with van der Waals surface area (Å²) < 4.78 is 28.4. The highest BCUT2D eigenvalue weighted by molar-refractivity contribution is 5.97. The summed E-state index contributed by atoms with van der Waals surface area (Å²) in [6, 6.07) is 14.0. The summed E-state index contributed by atoms with van der Waals surface area (Å²) >= 11 is 0. The van der Waals surface area contributed by atoms with E-state index in [0.717, 1.165) is 33.3 Å². The molecule has 3 aromatic rings. The molecule has 0 radical (unpaired) electrons. The third kappa shape index (κ3) is 4.47. The Bertz CT molecular complexity index is 829. The number of benzene rings is 2. The van der Waals surface area contributed by atoms with Crippen molar-refractivity contribution in [3.8, 4) is 11.5 Å². The smallest absolute Gasteiger partial charge is 0.145 e. The molecule has 0 spiro atoms. The Balaban J connectivity index is 1.66. The molecule has 6 nitrogen and oxygen atoms in total. The van der Waals surface area contributed by atoms with Gasteiger partial charge in [0.25, 0.3) is 0 Å². The normalized spacial score (nSPS) is 17.3. The van der Waals surface area contributed by atoms with Crippen LogP contribution in [0.3, 0.4) is 0 Å². The first-order chi connectivity index (χ1) is 13.4. The molecule has 0 saturated carbocycles. The van der Waals surface area contributed by atoms with E-state index in [1.54, 1.807) is 0 Å². The largest absolute Gasteiger partial charge is 0.489 e. The van der Waals surface area contributed by atoms with Crippen molar-refractivity contribution in [3.63, 3.8) is 0 Å². The van der Waals surface area contributed by atoms with Crippen LogP contribution in [0.5, 0.6) is 11.5 Å². The standard InChI is InChI=1S/C21H23NO5/c1-3-16-15-17-4-2-6-19-21(17)22-20(16)18(5-1)26-13-11-24-9-7-23-8-10-25-12-14-27-19/h1-6,15H,7-14H2. The molecule has 0 amide bonds. The zero-order valence-electron chi connectivity index (χ0n) is 15.2. The molecule has 1 aliphatic heterocycles. The number of nitrogens with zero attached hydrogens (tertiary/aromatic N) is 1. The van der Waals surface area contributed by atoms with E-state index in [2.05, 4.69) is 6.07 Å². The molecule has 2 heterocycles. The van der Waals surface area contributed by atoms with E-state index in [0.29, 0.717) is 52.9 Å².